The van der Waals surface area contributed by atoms with Gasteiger partial charge in [0, 0.05) is 25.2 Å². The second-order valence-electron chi connectivity index (χ2n) is 6.84. The van der Waals surface area contributed by atoms with Crippen molar-refractivity contribution in [2.24, 2.45) is 0 Å². The van der Waals surface area contributed by atoms with E-state index in [9.17, 15) is 9.59 Å². The zero-order chi connectivity index (χ0) is 20.6. The minimum atomic E-state index is -0.0554. The molecule has 29 heavy (non-hydrogen) atoms. The summed E-state index contributed by atoms with van der Waals surface area (Å²) in [6.07, 6.45) is 12.0. The molecule has 0 aliphatic carbocycles. The van der Waals surface area contributed by atoms with E-state index < -0.39 is 0 Å². The molecule has 0 spiro atoms. The van der Waals surface area contributed by atoms with Crippen LogP contribution in [0, 0.1) is 0 Å². The first-order chi connectivity index (χ1) is 14.2. The molecule has 4 heteroatoms. The Hall–Kier alpha value is -3.14. The van der Waals surface area contributed by atoms with E-state index in [4.69, 9.17) is 0 Å². The van der Waals surface area contributed by atoms with Crippen LogP contribution in [0.4, 0.5) is 0 Å². The Balaban J connectivity index is 1.43. The lowest BCUT2D eigenvalue weighted by Gasteiger charge is -2.04. The fourth-order valence-corrected chi connectivity index (χ4v) is 2.79. The molecule has 2 amide bonds. The summed E-state index contributed by atoms with van der Waals surface area (Å²) in [5.41, 5.74) is 2.04. The predicted molar refractivity (Wildman–Crippen MR) is 120 cm³/mol. The first-order valence-electron chi connectivity index (χ1n) is 10.3. The van der Waals surface area contributed by atoms with E-state index in [1.54, 1.807) is 12.2 Å². The maximum absolute atomic E-state index is 11.8. The molecule has 0 aliphatic rings. The number of unbranched alkanes of at least 4 members (excludes halogenated alkanes) is 4. The highest BCUT2D eigenvalue weighted by molar-refractivity contribution is 5.92. The minimum absolute atomic E-state index is 0.0554. The van der Waals surface area contributed by atoms with Crippen molar-refractivity contribution in [2.45, 2.75) is 32.1 Å². The molecule has 2 aromatic carbocycles. The van der Waals surface area contributed by atoms with Gasteiger partial charge in [-0.15, -0.1) is 0 Å². The van der Waals surface area contributed by atoms with E-state index in [2.05, 4.69) is 10.6 Å². The van der Waals surface area contributed by atoms with Crippen LogP contribution < -0.4 is 10.6 Å². The van der Waals surface area contributed by atoms with E-state index >= 15 is 0 Å². The van der Waals surface area contributed by atoms with E-state index in [1.165, 1.54) is 0 Å². The van der Waals surface area contributed by atoms with Gasteiger partial charge in [-0.1, -0.05) is 79.9 Å². The second kappa shape index (κ2) is 13.9. The summed E-state index contributed by atoms with van der Waals surface area (Å²) in [7, 11) is 0. The summed E-state index contributed by atoms with van der Waals surface area (Å²) in [6.45, 7) is 1.39. The van der Waals surface area contributed by atoms with Crippen molar-refractivity contribution < 1.29 is 9.59 Å². The highest BCUT2D eigenvalue weighted by atomic mass is 16.2. The molecule has 2 rings (SSSR count). The van der Waals surface area contributed by atoms with E-state index in [-0.39, 0.29) is 11.8 Å². The van der Waals surface area contributed by atoms with Gasteiger partial charge >= 0.3 is 0 Å². The van der Waals surface area contributed by atoms with Gasteiger partial charge in [-0.25, -0.2) is 0 Å². The van der Waals surface area contributed by atoms with Crippen molar-refractivity contribution in [2.75, 3.05) is 13.1 Å². The fourth-order valence-electron chi connectivity index (χ4n) is 2.79. The Kier molecular flexibility index (Phi) is 10.7. The number of hydrogen-bond acceptors (Lipinski definition) is 2. The van der Waals surface area contributed by atoms with Gasteiger partial charge in [0.15, 0.2) is 0 Å². The van der Waals surface area contributed by atoms with Gasteiger partial charge in [0.2, 0.25) is 11.8 Å². The Morgan fingerprint density at radius 1 is 0.586 bits per heavy atom. The summed E-state index contributed by atoms with van der Waals surface area (Å²) < 4.78 is 0. The summed E-state index contributed by atoms with van der Waals surface area (Å²) in [6, 6.07) is 19.6. The quantitative estimate of drug-likeness (QED) is 0.411. The average molecular weight is 391 g/mol. The Morgan fingerprint density at radius 2 is 0.966 bits per heavy atom. The average Bonchev–Trinajstić information content (AvgIpc) is 2.76. The van der Waals surface area contributed by atoms with Gasteiger partial charge in [-0.2, -0.15) is 0 Å². The van der Waals surface area contributed by atoms with Crippen LogP contribution >= 0.6 is 0 Å². The van der Waals surface area contributed by atoms with Crippen molar-refractivity contribution >= 4 is 24.0 Å². The van der Waals surface area contributed by atoms with Crippen LogP contribution in [0.2, 0.25) is 0 Å². The molecule has 0 radical (unpaired) electrons. The normalized spacial score (nSPS) is 11.0. The molecule has 4 nitrogen and oxygen atoms in total. The molecule has 0 fully saturated rings. The maximum atomic E-state index is 11.8. The molecular formula is C25H30N2O2. The highest BCUT2D eigenvalue weighted by Crippen LogP contribution is 2.03. The molecule has 0 bridgehead atoms. The third kappa shape index (κ3) is 10.7. The zero-order valence-corrected chi connectivity index (χ0v) is 16.8. The van der Waals surface area contributed by atoms with Crippen molar-refractivity contribution in [3.05, 3.63) is 83.9 Å². The number of hydrogen-bond donors (Lipinski definition) is 2. The number of benzene rings is 2. The number of carbonyl (C=O) groups is 2. The topological polar surface area (TPSA) is 58.2 Å². The van der Waals surface area contributed by atoms with Gasteiger partial charge in [0.05, 0.1) is 0 Å². The second-order valence-corrected chi connectivity index (χ2v) is 6.84. The molecule has 2 aromatic rings. The van der Waals surface area contributed by atoms with Gasteiger partial charge in [-0.3, -0.25) is 9.59 Å². The molecule has 0 unspecified atom stereocenters. The molecular weight excluding hydrogens is 360 g/mol. The molecule has 0 heterocycles. The minimum Gasteiger partial charge on any atom is -0.353 e. The predicted octanol–water partition coefficient (Wildman–Crippen LogP) is 4.60. The van der Waals surface area contributed by atoms with Crippen LogP contribution in [0.5, 0.6) is 0 Å². The Bertz CT molecular complexity index is 715. The largest absolute Gasteiger partial charge is 0.353 e. The van der Waals surface area contributed by atoms with E-state index in [0.29, 0.717) is 13.1 Å². The third-order valence-electron chi connectivity index (χ3n) is 4.41. The molecule has 0 saturated heterocycles. The molecule has 2 N–H and O–H groups in total. The van der Waals surface area contributed by atoms with Crippen LogP contribution in [0.1, 0.15) is 43.2 Å². The smallest absolute Gasteiger partial charge is 0.243 e. The monoisotopic (exact) mass is 390 g/mol. The first kappa shape index (κ1) is 22.2. The van der Waals surface area contributed by atoms with E-state index in [1.807, 2.05) is 72.8 Å². The number of rotatable bonds is 12. The van der Waals surface area contributed by atoms with Gasteiger partial charge in [0.25, 0.3) is 0 Å². The number of nitrogens with one attached hydrogen (secondary N) is 2. The fraction of sp³-hybridized carbons (Fsp3) is 0.280. The van der Waals surface area contributed by atoms with E-state index in [0.717, 1.165) is 43.2 Å². The van der Waals surface area contributed by atoms with Crippen molar-refractivity contribution in [3.8, 4) is 0 Å². The molecule has 0 aliphatic heterocycles. The number of amides is 2. The maximum Gasteiger partial charge on any atom is 0.243 e. The standard InChI is InChI=1S/C25H30N2O2/c28-24(18-16-22-12-6-4-7-13-22)26-20-10-2-1-3-11-21-27-25(29)19-17-23-14-8-5-9-15-23/h4-9,12-19H,1-3,10-11,20-21H2,(H,26,28)(H,27,29)/b18-16+,19-17+. The molecule has 152 valence electrons. The summed E-state index contributed by atoms with van der Waals surface area (Å²) in [5, 5.41) is 5.81. The van der Waals surface area contributed by atoms with Gasteiger partial charge in [-0.05, 0) is 36.1 Å². The lowest BCUT2D eigenvalue weighted by Crippen LogP contribution is -2.22. The lowest BCUT2D eigenvalue weighted by atomic mass is 10.1. The van der Waals surface area contributed by atoms with Crippen LogP contribution in [-0.4, -0.2) is 24.9 Å². The molecule has 0 saturated carbocycles. The summed E-state index contributed by atoms with van der Waals surface area (Å²) in [5.74, 6) is -0.111. The van der Waals surface area contributed by atoms with Crippen molar-refractivity contribution in [1.82, 2.24) is 10.6 Å². The lowest BCUT2D eigenvalue weighted by molar-refractivity contribution is -0.117. The Morgan fingerprint density at radius 3 is 1.38 bits per heavy atom. The molecule has 0 atom stereocenters. The zero-order valence-electron chi connectivity index (χ0n) is 16.8. The third-order valence-corrected chi connectivity index (χ3v) is 4.41. The van der Waals surface area contributed by atoms with Crippen LogP contribution in [0.25, 0.3) is 12.2 Å². The van der Waals surface area contributed by atoms with Crippen LogP contribution in [0.3, 0.4) is 0 Å². The van der Waals surface area contributed by atoms with Gasteiger partial charge in [0.1, 0.15) is 0 Å². The van der Waals surface area contributed by atoms with Crippen LogP contribution in [-0.2, 0) is 9.59 Å². The van der Waals surface area contributed by atoms with Gasteiger partial charge < -0.3 is 10.6 Å². The van der Waals surface area contributed by atoms with Crippen molar-refractivity contribution in [3.63, 3.8) is 0 Å². The first-order valence-corrected chi connectivity index (χ1v) is 10.3. The summed E-state index contributed by atoms with van der Waals surface area (Å²) in [4.78, 5) is 23.5. The van der Waals surface area contributed by atoms with Crippen molar-refractivity contribution in [1.29, 1.82) is 0 Å². The molecule has 0 aromatic heterocycles. The number of carbonyl (C=O) groups excluding carboxylic acids is 2. The van der Waals surface area contributed by atoms with Crippen LogP contribution in [0.15, 0.2) is 72.8 Å². The SMILES string of the molecule is O=C(/C=C/c1ccccc1)NCCCCCCCNC(=O)/C=C/c1ccccc1. The summed E-state index contributed by atoms with van der Waals surface area (Å²) >= 11 is 0. The Labute approximate surface area is 173 Å². The highest BCUT2D eigenvalue weighted by Gasteiger charge is 1.97.